The smallest absolute Gasteiger partial charge is 0.124 e. The van der Waals surface area contributed by atoms with Crippen LogP contribution in [0, 0.1) is 0 Å². The van der Waals surface area contributed by atoms with Gasteiger partial charge in [0.2, 0.25) is 0 Å². The Morgan fingerprint density at radius 2 is 1.95 bits per heavy atom. The van der Waals surface area contributed by atoms with Crippen molar-refractivity contribution in [3.8, 4) is 5.75 Å². The van der Waals surface area contributed by atoms with E-state index in [-0.39, 0.29) is 12.6 Å². The molecular formula is C17H22N2O2. The maximum atomic E-state index is 9.99. The zero-order valence-corrected chi connectivity index (χ0v) is 12.4. The molecule has 112 valence electrons. The van der Waals surface area contributed by atoms with Crippen molar-refractivity contribution in [2.45, 2.75) is 6.04 Å². The summed E-state index contributed by atoms with van der Waals surface area (Å²) in [5.74, 6) is 0.853. The Kier molecular flexibility index (Phi) is 4.39. The fraction of sp³-hybridized carbons (Fsp3) is 0.412. The molecule has 1 atom stereocenters. The molecule has 0 saturated carbocycles. The van der Waals surface area contributed by atoms with Crippen LogP contribution in [0.4, 0.5) is 0 Å². The lowest BCUT2D eigenvalue weighted by Crippen LogP contribution is -2.46. The summed E-state index contributed by atoms with van der Waals surface area (Å²) in [5.41, 5.74) is 1.10. The Balaban J connectivity index is 2.10. The van der Waals surface area contributed by atoms with Gasteiger partial charge in [-0.3, -0.25) is 4.90 Å². The zero-order valence-electron chi connectivity index (χ0n) is 12.4. The highest BCUT2D eigenvalue weighted by molar-refractivity contribution is 5.88. The molecule has 4 heteroatoms. The molecule has 1 aliphatic heterocycles. The molecule has 0 bridgehead atoms. The summed E-state index contributed by atoms with van der Waals surface area (Å²) in [6, 6.07) is 12.3. The van der Waals surface area contributed by atoms with Crippen LogP contribution in [0.2, 0.25) is 0 Å². The van der Waals surface area contributed by atoms with Crippen molar-refractivity contribution >= 4 is 10.8 Å². The van der Waals surface area contributed by atoms with E-state index in [1.807, 2.05) is 18.2 Å². The number of rotatable bonds is 4. The highest BCUT2D eigenvalue weighted by Crippen LogP contribution is 2.35. The number of hydrogen-bond donors (Lipinski definition) is 2. The van der Waals surface area contributed by atoms with Crippen LogP contribution in [-0.4, -0.2) is 49.9 Å². The van der Waals surface area contributed by atoms with Crippen LogP contribution in [0.25, 0.3) is 10.8 Å². The van der Waals surface area contributed by atoms with E-state index >= 15 is 0 Å². The molecule has 0 aliphatic carbocycles. The Labute approximate surface area is 125 Å². The molecule has 1 aliphatic rings. The normalized spacial score (nSPS) is 17.8. The van der Waals surface area contributed by atoms with Gasteiger partial charge in [0, 0.05) is 31.7 Å². The van der Waals surface area contributed by atoms with E-state index < -0.39 is 0 Å². The van der Waals surface area contributed by atoms with Crippen LogP contribution in [0.5, 0.6) is 5.75 Å². The minimum absolute atomic E-state index is 0.0202. The quantitative estimate of drug-likeness (QED) is 0.899. The zero-order chi connectivity index (χ0) is 14.7. The van der Waals surface area contributed by atoms with Gasteiger partial charge < -0.3 is 15.2 Å². The van der Waals surface area contributed by atoms with Gasteiger partial charge in [0.15, 0.2) is 0 Å². The average molecular weight is 286 g/mol. The Morgan fingerprint density at radius 3 is 2.67 bits per heavy atom. The monoisotopic (exact) mass is 286 g/mol. The second kappa shape index (κ2) is 6.43. The average Bonchev–Trinajstić information content (AvgIpc) is 2.56. The van der Waals surface area contributed by atoms with E-state index in [1.165, 1.54) is 5.39 Å². The van der Waals surface area contributed by atoms with Gasteiger partial charge in [-0.1, -0.05) is 30.3 Å². The number of aliphatic hydroxyl groups excluding tert-OH is 1. The molecule has 0 spiro atoms. The summed E-state index contributed by atoms with van der Waals surface area (Å²) in [6.45, 7) is 3.91. The van der Waals surface area contributed by atoms with Gasteiger partial charge in [0.25, 0.3) is 0 Å². The summed E-state index contributed by atoms with van der Waals surface area (Å²) >= 11 is 0. The van der Waals surface area contributed by atoms with E-state index in [0.717, 1.165) is 42.9 Å². The van der Waals surface area contributed by atoms with Crippen molar-refractivity contribution in [1.29, 1.82) is 0 Å². The Morgan fingerprint density at radius 1 is 1.19 bits per heavy atom. The predicted molar refractivity (Wildman–Crippen MR) is 84.8 cm³/mol. The molecule has 1 saturated heterocycles. The highest BCUT2D eigenvalue weighted by atomic mass is 16.5. The molecule has 0 unspecified atom stereocenters. The van der Waals surface area contributed by atoms with Gasteiger partial charge in [-0.05, 0) is 16.8 Å². The Bertz CT molecular complexity index is 609. The van der Waals surface area contributed by atoms with Crippen LogP contribution in [0.15, 0.2) is 36.4 Å². The number of piperazine rings is 1. The number of ether oxygens (including phenoxy) is 1. The summed E-state index contributed by atoms with van der Waals surface area (Å²) in [4.78, 5) is 2.33. The third kappa shape index (κ3) is 2.75. The second-order valence-corrected chi connectivity index (χ2v) is 5.39. The molecule has 0 aromatic heterocycles. The topological polar surface area (TPSA) is 44.7 Å². The first kappa shape index (κ1) is 14.3. The molecule has 1 fully saturated rings. The van der Waals surface area contributed by atoms with Crippen molar-refractivity contribution in [2.24, 2.45) is 0 Å². The van der Waals surface area contributed by atoms with Crippen LogP contribution < -0.4 is 10.1 Å². The van der Waals surface area contributed by atoms with E-state index in [0.29, 0.717) is 0 Å². The van der Waals surface area contributed by atoms with Gasteiger partial charge in [0.05, 0.1) is 19.8 Å². The molecule has 0 radical (unpaired) electrons. The third-order valence-electron chi connectivity index (χ3n) is 4.25. The number of nitrogens with one attached hydrogen (secondary N) is 1. The molecule has 21 heavy (non-hydrogen) atoms. The van der Waals surface area contributed by atoms with Gasteiger partial charge in [-0.15, -0.1) is 0 Å². The minimum Gasteiger partial charge on any atom is -0.496 e. The van der Waals surface area contributed by atoms with Crippen molar-refractivity contribution in [3.63, 3.8) is 0 Å². The molecule has 3 rings (SSSR count). The maximum absolute atomic E-state index is 9.99. The van der Waals surface area contributed by atoms with Gasteiger partial charge >= 0.3 is 0 Å². The fourth-order valence-electron chi connectivity index (χ4n) is 3.18. The number of methoxy groups -OCH3 is 1. The first-order valence-corrected chi connectivity index (χ1v) is 7.46. The van der Waals surface area contributed by atoms with Crippen LogP contribution in [-0.2, 0) is 0 Å². The fourth-order valence-corrected chi connectivity index (χ4v) is 3.18. The SMILES string of the molecule is COc1ccc2ccccc2c1[C@@H](CO)N1CCNCC1. The molecule has 2 aromatic carbocycles. The number of fused-ring (bicyclic) bond motifs is 1. The lowest BCUT2D eigenvalue weighted by Gasteiger charge is -2.35. The molecule has 2 aromatic rings. The van der Waals surface area contributed by atoms with Crippen molar-refractivity contribution in [1.82, 2.24) is 10.2 Å². The summed E-state index contributed by atoms with van der Waals surface area (Å²) in [6.07, 6.45) is 0. The maximum Gasteiger partial charge on any atom is 0.124 e. The van der Waals surface area contributed by atoms with Crippen LogP contribution >= 0.6 is 0 Å². The molecule has 0 amide bonds. The molecular weight excluding hydrogens is 264 g/mol. The summed E-state index contributed by atoms with van der Waals surface area (Å²) in [5, 5.41) is 15.7. The third-order valence-corrected chi connectivity index (χ3v) is 4.25. The van der Waals surface area contributed by atoms with Crippen LogP contribution in [0.1, 0.15) is 11.6 Å². The molecule has 2 N–H and O–H groups in total. The van der Waals surface area contributed by atoms with E-state index in [1.54, 1.807) is 7.11 Å². The lowest BCUT2D eigenvalue weighted by atomic mass is 9.96. The predicted octanol–water partition coefficient (Wildman–Crippen LogP) is 1.79. The van der Waals surface area contributed by atoms with E-state index in [2.05, 4.69) is 28.4 Å². The minimum atomic E-state index is -0.0202. The number of nitrogens with zero attached hydrogens (tertiary/aromatic N) is 1. The summed E-state index contributed by atoms with van der Waals surface area (Å²) in [7, 11) is 1.69. The Hall–Kier alpha value is -1.62. The van der Waals surface area contributed by atoms with Gasteiger partial charge in [-0.25, -0.2) is 0 Å². The summed E-state index contributed by atoms with van der Waals surface area (Å²) < 4.78 is 5.57. The van der Waals surface area contributed by atoms with Crippen molar-refractivity contribution < 1.29 is 9.84 Å². The number of aliphatic hydroxyl groups is 1. The number of benzene rings is 2. The van der Waals surface area contributed by atoms with Crippen LogP contribution in [0.3, 0.4) is 0 Å². The standard InChI is InChI=1S/C17H22N2O2/c1-21-16-7-6-13-4-2-3-5-14(13)17(16)15(12-20)19-10-8-18-9-11-19/h2-7,15,18,20H,8-12H2,1H3/t15-/m1/s1. The van der Waals surface area contributed by atoms with Gasteiger partial charge in [-0.2, -0.15) is 0 Å². The van der Waals surface area contributed by atoms with E-state index in [9.17, 15) is 5.11 Å². The van der Waals surface area contributed by atoms with Gasteiger partial charge in [0.1, 0.15) is 5.75 Å². The number of hydrogen-bond acceptors (Lipinski definition) is 4. The lowest BCUT2D eigenvalue weighted by molar-refractivity contribution is 0.110. The second-order valence-electron chi connectivity index (χ2n) is 5.39. The molecule has 1 heterocycles. The largest absolute Gasteiger partial charge is 0.496 e. The van der Waals surface area contributed by atoms with E-state index in [4.69, 9.17) is 4.74 Å². The molecule has 4 nitrogen and oxygen atoms in total. The first-order valence-electron chi connectivity index (χ1n) is 7.46. The van der Waals surface area contributed by atoms with Crippen molar-refractivity contribution in [2.75, 3.05) is 39.9 Å². The van der Waals surface area contributed by atoms with Crippen molar-refractivity contribution in [3.05, 3.63) is 42.0 Å². The first-order chi connectivity index (χ1) is 10.3. The highest BCUT2D eigenvalue weighted by Gasteiger charge is 2.25.